The number of alkyl halides is 2. The number of nitriles is 1. The van der Waals surface area contributed by atoms with Crippen molar-refractivity contribution in [1.29, 1.82) is 5.26 Å². The number of carbonyl (C=O) groups is 2. The van der Waals surface area contributed by atoms with E-state index in [0.717, 1.165) is 10.5 Å². The van der Waals surface area contributed by atoms with E-state index >= 15 is 0 Å². The summed E-state index contributed by atoms with van der Waals surface area (Å²) in [7, 11) is 0. The number of benzene rings is 1. The Morgan fingerprint density at radius 3 is 2.86 bits per heavy atom. The van der Waals surface area contributed by atoms with E-state index in [1.165, 1.54) is 0 Å². The fourth-order valence-corrected chi connectivity index (χ4v) is 3.29. The maximum atomic E-state index is 13.4. The van der Waals surface area contributed by atoms with Crippen molar-refractivity contribution in [3.63, 3.8) is 0 Å². The van der Waals surface area contributed by atoms with Crippen LogP contribution in [0.4, 0.5) is 8.78 Å². The molecular formula is C19H17ClF2N4O2. The highest BCUT2D eigenvalue weighted by atomic mass is 35.5. The second kappa shape index (κ2) is 7.98. The maximum Gasteiger partial charge on any atom is 0.268 e. The lowest BCUT2D eigenvalue weighted by atomic mass is 10.2. The van der Waals surface area contributed by atoms with Crippen molar-refractivity contribution >= 4 is 23.4 Å². The smallest absolute Gasteiger partial charge is 0.268 e. The molecule has 6 nitrogen and oxygen atoms in total. The first-order valence-corrected chi connectivity index (χ1v) is 8.90. The lowest BCUT2D eigenvalue weighted by Gasteiger charge is -2.19. The molecule has 9 heteroatoms. The number of halogens is 3. The summed E-state index contributed by atoms with van der Waals surface area (Å²) in [6, 6.07) is 9.43. The van der Waals surface area contributed by atoms with Crippen molar-refractivity contribution in [3.05, 3.63) is 58.9 Å². The molecule has 1 aromatic heterocycles. The largest absolute Gasteiger partial charge is 0.349 e. The summed E-state index contributed by atoms with van der Waals surface area (Å²) >= 11 is 5.95. The Kier molecular flexibility index (Phi) is 5.66. The van der Waals surface area contributed by atoms with Crippen LogP contribution in [0.15, 0.2) is 42.7 Å². The molecule has 1 aliphatic heterocycles. The predicted molar refractivity (Wildman–Crippen MR) is 98.0 cm³/mol. The van der Waals surface area contributed by atoms with Crippen molar-refractivity contribution in [2.45, 2.75) is 24.9 Å². The van der Waals surface area contributed by atoms with Gasteiger partial charge in [-0.1, -0.05) is 23.7 Å². The highest BCUT2D eigenvalue weighted by Gasteiger charge is 2.47. The Bertz CT molecular complexity index is 938. The fraction of sp³-hybridized carbons (Fsp3) is 0.316. The number of hydrogen-bond acceptors (Lipinski definition) is 3. The maximum absolute atomic E-state index is 13.4. The second-order valence-electron chi connectivity index (χ2n) is 6.61. The Balaban J connectivity index is 1.56. The summed E-state index contributed by atoms with van der Waals surface area (Å²) in [4.78, 5) is 25.2. The van der Waals surface area contributed by atoms with Crippen LogP contribution in [0.5, 0.6) is 0 Å². The number of aromatic nitrogens is 1. The fourth-order valence-electron chi connectivity index (χ4n) is 3.07. The molecule has 1 N–H and O–H groups in total. The van der Waals surface area contributed by atoms with Gasteiger partial charge in [0.25, 0.3) is 11.8 Å². The standard InChI is InChI=1S/C19H17ClF2N4O2/c20-15-3-1-2-13(6-15)10-25-5-4-14(11-25)18(28)24-9-17(27)26-12-19(21,22)7-16(26)8-23/h1-6,11,16H,7,9-10,12H2,(H,24,28)/t16-/m0/s1. The molecule has 2 heterocycles. The molecule has 3 rings (SSSR count). The van der Waals surface area contributed by atoms with Crippen molar-refractivity contribution in [3.8, 4) is 6.07 Å². The van der Waals surface area contributed by atoms with E-state index in [-0.39, 0.29) is 0 Å². The zero-order valence-electron chi connectivity index (χ0n) is 14.7. The Hall–Kier alpha value is -2.92. The average Bonchev–Trinajstić information content (AvgIpc) is 3.23. The molecule has 28 heavy (non-hydrogen) atoms. The molecule has 2 amide bonds. The molecule has 1 aliphatic rings. The van der Waals surface area contributed by atoms with Crippen LogP contribution in [0.25, 0.3) is 0 Å². The van der Waals surface area contributed by atoms with Gasteiger partial charge in [-0.25, -0.2) is 8.78 Å². The zero-order chi connectivity index (χ0) is 20.3. The monoisotopic (exact) mass is 406 g/mol. The third-order valence-electron chi connectivity index (χ3n) is 4.41. The summed E-state index contributed by atoms with van der Waals surface area (Å²) in [6.07, 6.45) is 2.64. The lowest BCUT2D eigenvalue weighted by molar-refractivity contribution is -0.131. The van der Waals surface area contributed by atoms with E-state index in [1.54, 1.807) is 35.2 Å². The Labute approximate surface area is 165 Å². The van der Waals surface area contributed by atoms with Gasteiger partial charge in [-0.05, 0) is 23.8 Å². The molecule has 1 aromatic carbocycles. The van der Waals surface area contributed by atoms with Crippen LogP contribution in [0.3, 0.4) is 0 Å². The van der Waals surface area contributed by atoms with E-state index in [9.17, 15) is 18.4 Å². The molecule has 0 saturated carbocycles. The van der Waals surface area contributed by atoms with Crippen molar-refractivity contribution in [1.82, 2.24) is 14.8 Å². The number of carbonyl (C=O) groups excluding carboxylic acids is 2. The summed E-state index contributed by atoms with van der Waals surface area (Å²) in [5.41, 5.74) is 1.29. The molecule has 0 spiro atoms. The Morgan fingerprint density at radius 1 is 1.36 bits per heavy atom. The molecule has 1 saturated heterocycles. The number of likely N-dealkylation sites (tertiary alicyclic amines) is 1. The van der Waals surface area contributed by atoms with E-state index in [0.29, 0.717) is 17.1 Å². The quantitative estimate of drug-likeness (QED) is 0.829. The minimum Gasteiger partial charge on any atom is -0.349 e. The van der Waals surface area contributed by atoms with Crippen LogP contribution in [-0.4, -0.2) is 46.3 Å². The van der Waals surface area contributed by atoms with E-state index in [2.05, 4.69) is 5.32 Å². The van der Waals surface area contributed by atoms with Crippen LogP contribution >= 0.6 is 11.6 Å². The predicted octanol–water partition coefficient (Wildman–Crippen LogP) is 2.68. The third-order valence-corrected chi connectivity index (χ3v) is 4.64. The lowest BCUT2D eigenvalue weighted by Crippen LogP contribution is -2.42. The molecule has 146 valence electrons. The summed E-state index contributed by atoms with van der Waals surface area (Å²) in [5.74, 6) is -4.30. The van der Waals surface area contributed by atoms with Gasteiger partial charge in [0.1, 0.15) is 6.04 Å². The van der Waals surface area contributed by atoms with Gasteiger partial charge in [0.15, 0.2) is 0 Å². The SMILES string of the molecule is N#C[C@@H]1CC(F)(F)CN1C(=O)CNC(=O)c1ccn(Cc2cccc(Cl)c2)c1. The molecule has 0 bridgehead atoms. The first-order valence-electron chi connectivity index (χ1n) is 8.53. The summed E-state index contributed by atoms with van der Waals surface area (Å²) < 4.78 is 28.6. The van der Waals surface area contributed by atoms with E-state index in [1.807, 2.05) is 18.2 Å². The van der Waals surface area contributed by atoms with Gasteiger partial charge >= 0.3 is 0 Å². The van der Waals surface area contributed by atoms with Gasteiger partial charge in [-0.2, -0.15) is 5.26 Å². The first-order chi connectivity index (χ1) is 13.3. The summed E-state index contributed by atoms with van der Waals surface area (Å²) in [5, 5.41) is 12.0. The van der Waals surface area contributed by atoms with Crippen LogP contribution in [-0.2, 0) is 11.3 Å². The van der Waals surface area contributed by atoms with Crippen molar-refractivity contribution in [2.75, 3.05) is 13.1 Å². The van der Waals surface area contributed by atoms with Crippen molar-refractivity contribution < 1.29 is 18.4 Å². The Morgan fingerprint density at radius 2 is 2.14 bits per heavy atom. The van der Waals surface area contributed by atoms with E-state index in [4.69, 9.17) is 16.9 Å². The molecule has 1 atom stereocenters. The highest BCUT2D eigenvalue weighted by molar-refractivity contribution is 6.30. The first kappa shape index (κ1) is 19.8. The van der Waals surface area contributed by atoms with Gasteiger partial charge in [-0.15, -0.1) is 0 Å². The van der Waals surface area contributed by atoms with Crippen LogP contribution < -0.4 is 5.32 Å². The van der Waals surface area contributed by atoms with Crippen LogP contribution in [0.1, 0.15) is 22.3 Å². The van der Waals surface area contributed by atoms with Gasteiger partial charge in [0.2, 0.25) is 5.91 Å². The molecule has 2 aromatic rings. The van der Waals surface area contributed by atoms with Crippen LogP contribution in [0.2, 0.25) is 5.02 Å². The zero-order valence-corrected chi connectivity index (χ0v) is 15.5. The normalized spacial score (nSPS) is 17.9. The van der Waals surface area contributed by atoms with Gasteiger partial charge in [0, 0.05) is 30.4 Å². The molecule has 0 unspecified atom stereocenters. The molecular weight excluding hydrogens is 390 g/mol. The second-order valence-corrected chi connectivity index (χ2v) is 7.05. The summed E-state index contributed by atoms with van der Waals surface area (Å²) in [6.45, 7) is -0.748. The highest BCUT2D eigenvalue weighted by Crippen LogP contribution is 2.31. The van der Waals surface area contributed by atoms with Gasteiger partial charge in [-0.3, -0.25) is 9.59 Å². The third kappa shape index (κ3) is 4.67. The number of nitrogens with one attached hydrogen (secondary N) is 1. The van der Waals surface area contributed by atoms with E-state index < -0.39 is 43.3 Å². The number of nitrogens with zero attached hydrogens (tertiary/aromatic N) is 3. The molecule has 1 fully saturated rings. The number of amides is 2. The van der Waals surface area contributed by atoms with Crippen LogP contribution in [0, 0.1) is 11.3 Å². The minimum atomic E-state index is -3.09. The van der Waals surface area contributed by atoms with Gasteiger partial charge < -0.3 is 14.8 Å². The average molecular weight is 407 g/mol. The minimum absolute atomic E-state index is 0.332. The number of rotatable bonds is 5. The number of hydrogen-bond donors (Lipinski definition) is 1. The van der Waals surface area contributed by atoms with Crippen molar-refractivity contribution in [2.24, 2.45) is 0 Å². The molecule has 0 radical (unpaired) electrons. The topological polar surface area (TPSA) is 78.1 Å². The van der Waals surface area contributed by atoms with Gasteiger partial charge in [0.05, 0.1) is 24.7 Å². The molecule has 0 aliphatic carbocycles.